The first kappa shape index (κ1) is 14.8. The van der Waals surface area contributed by atoms with Gasteiger partial charge in [0.25, 0.3) is 0 Å². The van der Waals surface area contributed by atoms with Gasteiger partial charge in [0.05, 0.1) is 5.02 Å². The van der Waals surface area contributed by atoms with E-state index in [1.54, 1.807) is 6.07 Å². The van der Waals surface area contributed by atoms with Gasteiger partial charge in [0.15, 0.2) is 0 Å². The number of halogens is 2. The highest BCUT2D eigenvalue weighted by molar-refractivity contribution is 6.30. The van der Waals surface area contributed by atoms with Crippen LogP contribution in [0.3, 0.4) is 0 Å². The Morgan fingerprint density at radius 3 is 2.79 bits per heavy atom. The maximum atomic E-state index is 14.2. The monoisotopic (exact) mass is 283 g/mol. The lowest BCUT2D eigenvalue weighted by Gasteiger charge is -2.23. The maximum Gasteiger partial charge on any atom is 0.146 e. The molecule has 106 valence electrons. The molecule has 1 nitrogen and oxygen atoms in total. The van der Waals surface area contributed by atoms with E-state index in [0.29, 0.717) is 0 Å². The largest absolute Gasteiger partial charge is 0.310 e. The molecule has 0 amide bonds. The number of benzene rings is 1. The second-order valence-corrected chi connectivity index (χ2v) is 5.94. The Hall–Kier alpha value is -0.600. The van der Waals surface area contributed by atoms with Crippen LogP contribution in [0.15, 0.2) is 18.2 Å². The highest BCUT2D eigenvalue weighted by Gasteiger charge is 2.23. The van der Waals surface area contributed by atoms with Gasteiger partial charge < -0.3 is 5.32 Å². The zero-order valence-electron chi connectivity index (χ0n) is 11.6. The van der Waals surface area contributed by atoms with Gasteiger partial charge in [-0.25, -0.2) is 4.39 Å². The Kier molecular flexibility index (Phi) is 5.65. The third kappa shape index (κ3) is 3.93. The lowest BCUT2D eigenvalue weighted by molar-refractivity contribution is 0.385. The summed E-state index contributed by atoms with van der Waals surface area (Å²) < 4.78 is 14.2. The first-order chi connectivity index (χ1) is 9.22. The molecule has 0 aliphatic heterocycles. The zero-order chi connectivity index (χ0) is 13.7. The summed E-state index contributed by atoms with van der Waals surface area (Å²) in [5, 5.41) is 3.71. The van der Waals surface area contributed by atoms with E-state index in [9.17, 15) is 4.39 Å². The molecular weight excluding hydrogens is 261 g/mol. The van der Waals surface area contributed by atoms with Crippen LogP contribution < -0.4 is 5.32 Å². The summed E-state index contributed by atoms with van der Waals surface area (Å²) in [6.45, 7) is 3.05. The van der Waals surface area contributed by atoms with Crippen molar-refractivity contribution >= 4 is 11.6 Å². The zero-order valence-corrected chi connectivity index (χ0v) is 12.3. The van der Waals surface area contributed by atoms with E-state index < -0.39 is 0 Å². The molecule has 0 bridgehead atoms. The molecule has 0 saturated heterocycles. The third-order valence-corrected chi connectivity index (χ3v) is 4.33. The maximum absolute atomic E-state index is 14.2. The Morgan fingerprint density at radius 2 is 2.11 bits per heavy atom. The van der Waals surface area contributed by atoms with Crippen LogP contribution in [-0.2, 0) is 0 Å². The van der Waals surface area contributed by atoms with Gasteiger partial charge in [0.2, 0.25) is 0 Å². The van der Waals surface area contributed by atoms with Gasteiger partial charge in [-0.3, -0.25) is 0 Å². The fraction of sp³-hybridized carbons (Fsp3) is 0.625. The molecule has 1 N–H and O–H groups in total. The highest BCUT2D eigenvalue weighted by atomic mass is 35.5. The van der Waals surface area contributed by atoms with Crippen molar-refractivity contribution in [1.29, 1.82) is 0 Å². The van der Waals surface area contributed by atoms with Gasteiger partial charge in [-0.2, -0.15) is 0 Å². The van der Waals surface area contributed by atoms with Gasteiger partial charge in [-0.05, 0) is 31.4 Å². The Bertz CT molecular complexity index is 402. The van der Waals surface area contributed by atoms with E-state index in [2.05, 4.69) is 12.2 Å². The molecule has 3 heteroatoms. The molecule has 1 aromatic rings. The second kappa shape index (κ2) is 7.25. The average Bonchev–Trinajstić information content (AvgIpc) is 2.91. The molecule has 1 aliphatic carbocycles. The van der Waals surface area contributed by atoms with Crippen LogP contribution in [0.2, 0.25) is 5.02 Å². The van der Waals surface area contributed by atoms with Crippen molar-refractivity contribution in [2.75, 3.05) is 6.54 Å². The summed E-state index contributed by atoms with van der Waals surface area (Å²) >= 11 is 5.91. The van der Waals surface area contributed by atoms with Gasteiger partial charge >= 0.3 is 0 Å². The summed E-state index contributed by atoms with van der Waals surface area (Å²) in [4.78, 5) is 0. The molecule has 1 atom stereocenters. The van der Waals surface area contributed by atoms with Crippen molar-refractivity contribution < 1.29 is 4.39 Å². The molecular formula is C16H23ClFN. The van der Waals surface area contributed by atoms with Gasteiger partial charge in [0.1, 0.15) is 5.82 Å². The Morgan fingerprint density at radius 1 is 1.37 bits per heavy atom. The van der Waals surface area contributed by atoms with E-state index in [1.165, 1.54) is 25.7 Å². The lowest BCUT2D eigenvalue weighted by atomic mass is 9.93. The highest BCUT2D eigenvalue weighted by Crippen LogP contribution is 2.34. The number of hydrogen-bond acceptors (Lipinski definition) is 1. The molecule has 0 radical (unpaired) electrons. The summed E-state index contributed by atoms with van der Waals surface area (Å²) in [5.74, 6) is 0.475. The molecule has 2 rings (SSSR count). The van der Waals surface area contributed by atoms with Gasteiger partial charge in [-0.1, -0.05) is 56.3 Å². The Balaban J connectivity index is 2.13. The quantitative estimate of drug-likeness (QED) is 0.766. The van der Waals surface area contributed by atoms with Crippen molar-refractivity contribution in [1.82, 2.24) is 5.32 Å². The van der Waals surface area contributed by atoms with Crippen LogP contribution in [0.5, 0.6) is 0 Å². The second-order valence-electron chi connectivity index (χ2n) is 5.54. The number of hydrogen-bond donors (Lipinski definition) is 1. The summed E-state index contributed by atoms with van der Waals surface area (Å²) in [7, 11) is 0. The van der Waals surface area contributed by atoms with Crippen LogP contribution in [0, 0.1) is 11.7 Å². The van der Waals surface area contributed by atoms with Crippen molar-refractivity contribution in [2.45, 2.75) is 51.5 Å². The fourth-order valence-electron chi connectivity index (χ4n) is 3.01. The minimum absolute atomic E-state index is 0.0988. The normalized spacial score (nSPS) is 17.8. The van der Waals surface area contributed by atoms with E-state index in [1.807, 2.05) is 12.1 Å². The van der Waals surface area contributed by atoms with E-state index >= 15 is 0 Å². The van der Waals surface area contributed by atoms with Crippen LogP contribution in [-0.4, -0.2) is 6.54 Å². The Labute approximate surface area is 120 Å². The van der Waals surface area contributed by atoms with Gasteiger partial charge in [0, 0.05) is 11.6 Å². The predicted octanol–water partition coefficient (Wildman–Crippen LogP) is 5.10. The standard InChI is InChI=1S/C16H23ClFN/c1-2-10-19-15(11-12-6-3-4-7-12)13-8-5-9-14(17)16(13)18/h5,8-9,12,15,19H,2-4,6-7,10-11H2,1H3. The molecule has 0 heterocycles. The minimum Gasteiger partial charge on any atom is -0.310 e. The van der Waals surface area contributed by atoms with Crippen LogP contribution in [0.1, 0.15) is 57.1 Å². The fourth-order valence-corrected chi connectivity index (χ4v) is 3.19. The van der Waals surface area contributed by atoms with Crippen molar-refractivity contribution in [2.24, 2.45) is 5.92 Å². The van der Waals surface area contributed by atoms with Gasteiger partial charge in [-0.15, -0.1) is 0 Å². The molecule has 1 aromatic carbocycles. The predicted molar refractivity (Wildman–Crippen MR) is 79.0 cm³/mol. The first-order valence-electron chi connectivity index (χ1n) is 7.39. The summed E-state index contributed by atoms with van der Waals surface area (Å²) in [5.41, 5.74) is 0.729. The first-order valence-corrected chi connectivity index (χ1v) is 7.77. The molecule has 0 aromatic heterocycles. The topological polar surface area (TPSA) is 12.0 Å². The molecule has 19 heavy (non-hydrogen) atoms. The van der Waals surface area contributed by atoms with Crippen molar-refractivity contribution in [3.05, 3.63) is 34.6 Å². The van der Waals surface area contributed by atoms with Crippen LogP contribution in [0.25, 0.3) is 0 Å². The molecule has 1 unspecified atom stereocenters. The van der Waals surface area contributed by atoms with Crippen molar-refractivity contribution in [3.8, 4) is 0 Å². The van der Waals surface area contributed by atoms with Crippen molar-refractivity contribution in [3.63, 3.8) is 0 Å². The molecule has 0 spiro atoms. The summed E-state index contributed by atoms with van der Waals surface area (Å²) in [6.07, 6.45) is 7.30. The lowest BCUT2D eigenvalue weighted by Crippen LogP contribution is -2.25. The number of rotatable bonds is 6. The van der Waals surface area contributed by atoms with Crippen LogP contribution >= 0.6 is 11.6 Å². The van der Waals surface area contributed by atoms with Crippen LogP contribution in [0.4, 0.5) is 4.39 Å². The van der Waals surface area contributed by atoms with E-state index in [4.69, 9.17) is 11.6 Å². The number of nitrogens with one attached hydrogen (secondary N) is 1. The summed E-state index contributed by atoms with van der Waals surface area (Å²) in [6, 6.07) is 5.42. The molecule has 1 saturated carbocycles. The molecule has 1 fully saturated rings. The smallest absolute Gasteiger partial charge is 0.146 e. The molecule has 1 aliphatic rings. The third-order valence-electron chi connectivity index (χ3n) is 4.04. The SMILES string of the molecule is CCCNC(CC1CCCC1)c1cccc(Cl)c1F. The average molecular weight is 284 g/mol. The minimum atomic E-state index is -0.254. The van der Waals surface area contributed by atoms with E-state index in [0.717, 1.165) is 30.9 Å². The van der Waals surface area contributed by atoms with E-state index in [-0.39, 0.29) is 16.9 Å².